The van der Waals surface area contributed by atoms with E-state index in [9.17, 15) is 4.79 Å². The number of thiol groups is 1. The van der Waals surface area contributed by atoms with Gasteiger partial charge in [0.2, 0.25) is 5.91 Å². The van der Waals surface area contributed by atoms with Gasteiger partial charge in [0.05, 0.1) is 5.25 Å². The van der Waals surface area contributed by atoms with Gasteiger partial charge in [0.25, 0.3) is 0 Å². The third-order valence-corrected chi connectivity index (χ3v) is 1.83. The minimum atomic E-state index is -0.313. The molecular weight excluding hydrogens is 186 g/mol. The molecule has 1 rings (SSSR count). The molecule has 0 aliphatic carbocycles. The predicted octanol–water partition coefficient (Wildman–Crippen LogP) is 1.16. The molecule has 0 radical (unpaired) electrons. The summed E-state index contributed by atoms with van der Waals surface area (Å²) in [5.41, 5.74) is 0. The lowest BCUT2D eigenvalue weighted by atomic mass is 10.4. The van der Waals surface area contributed by atoms with Gasteiger partial charge in [-0.15, -0.1) is 0 Å². The predicted molar refractivity (Wildman–Crippen MR) is 55.0 cm³/mol. The van der Waals surface area contributed by atoms with E-state index in [0.717, 1.165) is 6.54 Å². The highest BCUT2D eigenvalue weighted by atomic mass is 32.1. The van der Waals surface area contributed by atoms with Gasteiger partial charge in [-0.05, 0) is 13.8 Å². The number of nitrogens with zero attached hydrogens (tertiary/aromatic N) is 2. The molecule has 1 N–H and O–H groups in total. The Morgan fingerprint density at radius 2 is 2.54 bits per heavy atom. The summed E-state index contributed by atoms with van der Waals surface area (Å²) in [7, 11) is 0. The largest absolute Gasteiger partial charge is 0.308 e. The molecule has 0 aliphatic heterocycles. The molecule has 1 aromatic heterocycles. The van der Waals surface area contributed by atoms with Gasteiger partial charge < -0.3 is 5.32 Å². The fourth-order valence-corrected chi connectivity index (χ4v) is 0.900. The SMILES string of the molecule is CCn1ccc(NC(=O)C(C)S)n1. The summed E-state index contributed by atoms with van der Waals surface area (Å²) in [6.07, 6.45) is 1.82. The zero-order valence-electron chi connectivity index (χ0n) is 7.69. The van der Waals surface area contributed by atoms with E-state index >= 15 is 0 Å². The number of aryl methyl sites for hydroxylation is 1. The van der Waals surface area contributed by atoms with E-state index in [-0.39, 0.29) is 11.2 Å². The number of amides is 1. The number of anilines is 1. The summed E-state index contributed by atoms with van der Waals surface area (Å²) in [5.74, 6) is 0.442. The molecule has 0 bridgehead atoms. The smallest absolute Gasteiger partial charge is 0.238 e. The van der Waals surface area contributed by atoms with Crippen LogP contribution in [0.25, 0.3) is 0 Å². The monoisotopic (exact) mass is 199 g/mol. The third kappa shape index (κ3) is 2.77. The Balaban J connectivity index is 2.59. The lowest BCUT2D eigenvalue weighted by Crippen LogP contribution is -2.20. The first-order valence-corrected chi connectivity index (χ1v) is 4.67. The molecule has 0 saturated heterocycles. The summed E-state index contributed by atoms with van der Waals surface area (Å²) in [4.78, 5) is 11.2. The van der Waals surface area contributed by atoms with Gasteiger partial charge in [-0.3, -0.25) is 9.48 Å². The molecule has 0 aliphatic rings. The van der Waals surface area contributed by atoms with Gasteiger partial charge in [0.1, 0.15) is 0 Å². The lowest BCUT2D eigenvalue weighted by Gasteiger charge is -2.03. The van der Waals surface area contributed by atoms with Crippen LogP contribution in [0.5, 0.6) is 0 Å². The highest BCUT2D eigenvalue weighted by Gasteiger charge is 2.08. The van der Waals surface area contributed by atoms with E-state index in [1.165, 1.54) is 0 Å². The molecule has 0 spiro atoms. The Hall–Kier alpha value is -0.970. The van der Waals surface area contributed by atoms with Crippen molar-refractivity contribution in [3.63, 3.8) is 0 Å². The Morgan fingerprint density at radius 3 is 3.00 bits per heavy atom. The van der Waals surface area contributed by atoms with Gasteiger partial charge in [0, 0.05) is 18.8 Å². The summed E-state index contributed by atoms with van der Waals surface area (Å²) in [6, 6.07) is 1.76. The Bertz CT molecular complexity index is 295. The van der Waals surface area contributed by atoms with Crippen LogP contribution in [0.3, 0.4) is 0 Å². The van der Waals surface area contributed by atoms with Crippen molar-refractivity contribution < 1.29 is 4.79 Å². The topological polar surface area (TPSA) is 46.9 Å². The molecule has 5 heteroatoms. The molecule has 0 fully saturated rings. The summed E-state index contributed by atoms with van der Waals surface area (Å²) >= 11 is 4.01. The van der Waals surface area contributed by atoms with Crippen molar-refractivity contribution in [2.24, 2.45) is 0 Å². The molecule has 0 aromatic carbocycles. The molecule has 72 valence electrons. The van der Waals surface area contributed by atoms with Crippen LogP contribution in [0.1, 0.15) is 13.8 Å². The maximum atomic E-state index is 11.2. The fourth-order valence-electron chi connectivity index (χ4n) is 0.835. The second-order valence-electron chi connectivity index (χ2n) is 2.72. The summed E-state index contributed by atoms with van der Waals surface area (Å²) in [5, 5.41) is 6.44. The van der Waals surface area contributed by atoms with E-state index in [2.05, 4.69) is 23.0 Å². The normalized spacial score (nSPS) is 12.5. The van der Waals surface area contributed by atoms with Crippen LogP contribution in [0.4, 0.5) is 5.82 Å². The first-order chi connectivity index (χ1) is 6.13. The number of carbonyl (C=O) groups excluding carboxylic acids is 1. The number of aromatic nitrogens is 2. The average molecular weight is 199 g/mol. The van der Waals surface area contributed by atoms with Gasteiger partial charge >= 0.3 is 0 Å². The molecule has 13 heavy (non-hydrogen) atoms. The van der Waals surface area contributed by atoms with Crippen LogP contribution in [0.15, 0.2) is 12.3 Å². The van der Waals surface area contributed by atoms with Gasteiger partial charge in [0.15, 0.2) is 5.82 Å². The van der Waals surface area contributed by atoms with Crippen LogP contribution >= 0.6 is 12.6 Å². The second kappa shape index (κ2) is 4.32. The Morgan fingerprint density at radius 1 is 1.85 bits per heavy atom. The third-order valence-electron chi connectivity index (χ3n) is 1.60. The summed E-state index contributed by atoms with van der Waals surface area (Å²) in [6.45, 7) is 4.50. The first kappa shape index (κ1) is 10.1. The highest BCUT2D eigenvalue weighted by Crippen LogP contribution is 2.04. The zero-order chi connectivity index (χ0) is 9.84. The van der Waals surface area contributed by atoms with E-state index in [1.807, 2.05) is 13.1 Å². The number of carbonyl (C=O) groups is 1. The molecule has 1 aromatic rings. The highest BCUT2D eigenvalue weighted by molar-refractivity contribution is 7.81. The van der Waals surface area contributed by atoms with E-state index in [0.29, 0.717) is 5.82 Å². The molecular formula is C8H13N3OS. The van der Waals surface area contributed by atoms with Gasteiger partial charge in [-0.1, -0.05) is 0 Å². The van der Waals surface area contributed by atoms with E-state index in [4.69, 9.17) is 0 Å². The quantitative estimate of drug-likeness (QED) is 0.718. The van der Waals surface area contributed by atoms with Crippen LogP contribution in [-0.2, 0) is 11.3 Å². The minimum absolute atomic E-state index is 0.135. The molecule has 4 nitrogen and oxygen atoms in total. The van der Waals surface area contributed by atoms with Crippen LogP contribution in [0.2, 0.25) is 0 Å². The van der Waals surface area contributed by atoms with E-state index in [1.54, 1.807) is 17.7 Å². The maximum Gasteiger partial charge on any atom is 0.238 e. The molecule has 1 unspecified atom stereocenters. The van der Waals surface area contributed by atoms with Crippen LogP contribution in [-0.4, -0.2) is 20.9 Å². The van der Waals surface area contributed by atoms with Crippen molar-refractivity contribution in [1.82, 2.24) is 9.78 Å². The average Bonchev–Trinajstić information content (AvgIpc) is 2.52. The molecule has 1 atom stereocenters. The van der Waals surface area contributed by atoms with Crippen LogP contribution in [0, 0.1) is 0 Å². The summed E-state index contributed by atoms with van der Waals surface area (Å²) < 4.78 is 1.75. The molecule has 1 amide bonds. The number of hydrogen-bond donors (Lipinski definition) is 2. The van der Waals surface area contributed by atoms with Crippen molar-refractivity contribution in [2.45, 2.75) is 25.6 Å². The standard InChI is InChI=1S/C8H13N3OS/c1-3-11-5-4-7(10-11)9-8(12)6(2)13/h4-6,13H,3H2,1-2H3,(H,9,10,12). The number of hydrogen-bond acceptors (Lipinski definition) is 3. The van der Waals surface area contributed by atoms with Gasteiger partial charge in [-0.25, -0.2) is 0 Å². The van der Waals surface area contributed by atoms with Crippen molar-refractivity contribution in [3.8, 4) is 0 Å². The fraction of sp³-hybridized carbons (Fsp3) is 0.500. The van der Waals surface area contributed by atoms with Crippen molar-refractivity contribution in [2.75, 3.05) is 5.32 Å². The second-order valence-corrected chi connectivity index (χ2v) is 3.50. The number of nitrogens with one attached hydrogen (secondary N) is 1. The molecule has 0 saturated carbocycles. The Labute approximate surface area is 82.7 Å². The molecule has 1 heterocycles. The minimum Gasteiger partial charge on any atom is -0.308 e. The first-order valence-electron chi connectivity index (χ1n) is 4.16. The Kier molecular flexibility index (Phi) is 3.36. The zero-order valence-corrected chi connectivity index (χ0v) is 8.58. The van der Waals surface area contributed by atoms with Crippen molar-refractivity contribution in [3.05, 3.63) is 12.3 Å². The number of rotatable bonds is 3. The van der Waals surface area contributed by atoms with Crippen molar-refractivity contribution >= 4 is 24.4 Å². The van der Waals surface area contributed by atoms with Crippen LogP contribution < -0.4 is 5.32 Å². The van der Waals surface area contributed by atoms with Gasteiger partial charge in [-0.2, -0.15) is 17.7 Å². The van der Waals surface area contributed by atoms with E-state index < -0.39 is 0 Å². The van der Waals surface area contributed by atoms with Crippen molar-refractivity contribution in [1.29, 1.82) is 0 Å². The maximum absolute atomic E-state index is 11.2. The lowest BCUT2D eigenvalue weighted by molar-refractivity contribution is -0.115.